The molecular weight excluding hydrogens is 444 g/mol. The smallest absolute Gasteiger partial charge is 0.157 e. The van der Waals surface area contributed by atoms with Crippen molar-refractivity contribution in [2.24, 2.45) is 0 Å². The van der Waals surface area contributed by atoms with Gasteiger partial charge in [0.15, 0.2) is 5.82 Å². The second-order valence-corrected chi connectivity index (χ2v) is 8.83. The molecule has 4 aromatic heterocycles. The molecule has 10 nitrogen and oxygen atoms in total. The zero-order valence-electron chi connectivity index (χ0n) is 20.1. The van der Waals surface area contributed by atoms with Crippen LogP contribution in [0, 0.1) is 0 Å². The number of ether oxygens (including phenoxy) is 2. The van der Waals surface area contributed by atoms with E-state index in [-0.39, 0.29) is 6.10 Å². The summed E-state index contributed by atoms with van der Waals surface area (Å²) >= 11 is 0. The van der Waals surface area contributed by atoms with Gasteiger partial charge in [0.05, 0.1) is 42.7 Å². The Labute approximate surface area is 204 Å². The molecule has 0 bridgehead atoms. The lowest BCUT2D eigenvalue weighted by Crippen LogP contribution is -2.37. The van der Waals surface area contributed by atoms with Crippen LogP contribution >= 0.6 is 0 Å². The van der Waals surface area contributed by atoms with Crippen molar-refractivity contribution >= 4 is 22.7 Å². The van der Waals surface area contributed by atoms with E-state index < -0.39 is 0 Å². The molecule has 4 aromatic rings. The van der Waals surface area contributed by atoms with Crippen LogP contribution in [0.2, 0.25) is 0 Å². The Hall–Kier alpha value is -3.63. The van der Waals surface area contributed by atoms with Crippen molar-refractivity contribution in [2.45, 2.75) is 32.9 Å². The summed E-state index contributed by atoms with van der Waals surface area (Å²) in [7, 11) is 0. The number of pyridine rings is 2. The average Bonchev–Trinajstić information content (AvgIpc) is 3.33. The second kappa shape index (κ2) is 10.7. The number of rotatable bonds is 9. The van der Waals surface area contributed by atoms with Crippen LogP contribution in [-0.4, -0.2) is 73.8 Å². The zero-order valence-corrected chi connectivity index (χ0v) is 20.1. The minimum absolute atomic E-state index is 0.0597. The van der Waals surface area contributed by atoms with E-state index in [0.29, 0.717) is 17.4 Å². The highest BCUT2D eigenvalue weighted by Crippen LogP contribution is 2.24. The molecule has 1 aliphatic heterocycles. The third-order valence-corrected chi connectivity index (χ3v) is 5.73. The molecule has 0 amide bonds. The Balaban J connectivity index is 1.26. The van der Waals surface area contributed by atoms with Gasteiger partial charge in [-0.1, -0.05) is 0 Å². The molecule has 5 rings (SSSR count). The molecule has 1 saturated heterocycles. The molecule has 0 unspecified atom stereocenters. The Morgan fingerprint density at radius 1 is 1.00 bits per heavy atom. The van der Waals surface area contributed by atoms with Gasteiger partial charge in [-0.2, -0.15) is 10.2 Å². The first-order valence-electron chi connectivity index (χ1n) is 12.0. The summed E-state index contributed by atoms with van der Waals surface area (Å²) in [5, 5.41) is 15.9. The normalized spacial score (nSPS) is 14.5. The topological polar surface area (TPSA) is 103 Å². The van der Waals surface area contributed by atoms with Gasteiger partial charge >= 0.3 is 0 Å². The molecule has 35 heavy (non-hydrogen) atoms. The number of hydrogen-bond donors (Lipinski definition) is 1. The highest BCUT2D eigenvalue weighted by molar-refractivity contribution is 5.81. The molecule has 0 radical (unpaired) electrons. The van der Waals surface area contributed by atoms with Gasteiger partial charge in [0.1, 0.15) is 11.6 Å². The molecule has 0 aliphatic carbocycles. The second-order valence-electron chi connectivity index (χ2n) is 8.83. The van der Waals surface area contributed by atoms with Gasteiger partial charge in [0.25, 0.3) is 0 Å². The largest absolute Gasteiger partial charge is 0.489 e. The summed E-state index contributed by atoms with van der Waals surface area (Å²) in [5.74, 6) is 1.88. The maximum atomic E-state index is 5.70. The number of aromatic nitrogens is 6. The van der Waals surface area contributed by atoms with E-state index in [1.165, 1.54) is 0 Å². The third kappa shape index (κ3) is 6.09. The number of aryl methyl sites for hydroxylation is 1. The molecule has 0 saturated carbocycles. The number of nitrogens with zero attached hydrogens (tertiary/aromatic N) is 7. The van der Waals surface area contributed by atoms with Crippen molar-refractivity contribution in [1.29, 1.82) is 0 Å². The van der Waals surface area contributed by atoms with Crippen LogP contribution in [0.15, 0.2) is 49.1 Å². The van der Waals surface area contributed by atoms with E-state index >= 15 is 0 Å². The SMILES string of the molecule is CC(C)Oc1cnnc(Nc2ccc3ncc(-c4cnn(CCCN5CCOCC5)c4)cc3n2)c1. The lowest BCUT2D eigenvalue weighted by molar-refractivity contribution is 0.0368. The van der Waals surface area contributed by atoms with E-state index in [9.17, 15) is 0 Å². The zero-order chi connectivity index (χ0) is 24.0. The average molecular weight is 475 g/mol. The summed E-state index contributed by atoms with van der Waals surface area (Å²) < 4.78 is 13.1. The van der Waals surface area contributed by atoms with E-state index in [0.717, 1.165) is 68.0 Å². The molecule has 1 N–H and O–H groups in total. The predicted molar refractivity (Wildman–Crippen MR) is 134 cm³/mol. The van der Waals surface area contributed by atoms with Crippen LogP contribution in [0.5, 0.6) is 5.75 Å². The van der Waals surface area contributed by atoms with Crippen LogP contribution in [0.3, 0.4) is 0 Å². The molecule has 182 valence electrons. The summed E-state index contributed by atoms with van der Waals surface area (Å²) in [6.07, 6.45) is 8.53. The molecule has 0 atom stereocenters. The Bertz CT molecular complexity index is 1270. The van der Waals surface area contributed by atoms with E-state index in [1.54, 1.807) is 12.3 Å². The summed E-state index contributed by atoms with van der Waals surface area (Å²) in [6.45, 7) is 9.58. The van der Waals surface area contributed by atoms with Gasteiger partial charge < -0.3 is 14.8 Å². The van der Waals surface area contributed by atoms with Crippen molar-refractivity contribution < 1.29 is 9.47 Å². The standard InChI is InChI=1S/C25H30N8O2/c1-18(2)35-21-13-25(31-27-16-21)30-24-5-4-22-23(29-24)12-19(14-26-22)20-15-28-33(17-20)7-3-6-32-8-10-34-11-9-32/h4-5,12-18H,3,6-11H2,1-2H3,(H,29,30,31). The van der Waals surface area contributed by atoms with Crippen LogP contribution in [-0.2, 0) is 11.3 Å². The number of morpholine rings is 1. The molecule has 5 heterocycles. The number of hydrogen-bond acceptors (Lipinski definition) is 9. The van der Waals surface area contributed by atoms with Gasteiger partial charge in [-0.05, 0) is 38.5 Å². The van der Waals surface area contributed by atoms with Crippen molar-refractivity contribution in [3.8, 4) is 16.9 Å². The van der Waals surface area contributed by atoms with Crippen LogP contribution in [0.4, 0.5) is 11.6 Å². The van der Waals surface area contributed by atoms with Crippen molar-refractivity contribution in [2.75, 3.05) is 38.2 Å². The number of fused-ring (bicyclic) bond motifs is 1. The number of anilines is 2. The van der Waals surface area contributed by atoms with E-state index in [1.807, 2.05) is 49.1 Å². The molecule has 1 fully saturated rings. The Morgan fingerprint density at radius 2 is 1.89 bits per heavy atom. The lowest BCUT2D eigenvalue weighted by Gasteiger charge is -2.26. The van der Waals surface area contributed by atoms with Crippen LogP contribution in [0.1, 0.15) is 20.3 Å². The monoisotopic (exact) mass is 474 g/mol. The maximum Gasteiger partial charge on any atom is 0.157 e. The fraction of sp³-hybridized carbons (Fsp3) is 0.400. The van der Waals surface area contributed by atoms with Crippen molar-refractivity contribution in [3.05, 3.63) is 49.1 Å². The van der Waals surface area contributed by atoms with Gasteiger partial charge in [-0.3, -0.25) is 14.6 Å². The van der Waals surface area contributed by atoms with Gasteiger partial charge in [0.2, 0.25) is 0 Å². The number of nitrogens with one attached hydrogen (secondary N) is 1. The minimum Gasteiger partial charge on any atom is -0.489 e. The van der Waals surface area contributed by atoms with Gasteiger partial charge in [-0.15, -0.1) is 5.10 Å². The van der Waals surface area contributed by atoms with Crippen LogP contribution in [0.25, 0.3) is 22.2 Å². The Morgan fingerprint density at radius 3 is 2.74 bits per heavy atom. The highest BCUT2D eigenvalue weighted by Gasteiger charge is 2.11. The molecule has 10 heteroatoms. The van der Waals surface area contributed by atoms with Gasteiger partial charge in [0, 0.05) is 55.8 Å². The summed E-state index contributed by atoms with van der Waals surface area (Å²) in [6, 6.07) is 7.65. The minimum atomic E-state index is 0.0597. The van der Waals surface area contributed by atoms with Gasteiger partial charge in [-0.25, -0.2) is 4.98 Å². The fourth-order valence-electron chi connectivity index (χ4n) is 4.03. The molecule has 0 spiro atoms. The predicted octanol–water partition coefficient (Wildman–Crippen LogP) is 3.54. The molecule has 1 aliphatic rings. The summed E-state index contributed by atoms with van der Waals surface area (Å²) in [4.78, 5) is 11.8. The highest BCUT2D eigenvalue weighted by atomic mass is 16.5. The van der Waals surface area contributed by atoms with E-state index in [2.05, 4.69) is 36.7 Å². The first-order valence-corrected chi connectivity index (χ1v) is 12.0. The molecule has 0 aromatic carbocycles. The Kier molecular flexibility index (Phi) is 7.10. The first-order chi connectivity index (χ1) is 17.1. The van der Waals surface area contributed by atoms with E-state index in [4.69, 9.17) is 14.5 Å². The quantitative estimate of drug-likeness (QED) is 0.390. The molecular formula is C25H30N8O2. The summed E-state index contributed by atoms with van der Waals surface area (Å²) in [5.41, 5.74) is 3.61. The van der Waals surface area contributed by atoms with Crippen molar-refractivity contribution in [3.63, 3.8) is 0 Å². The van der Waals surface area contributed by atoms with Crippen molar-refractivity contribution in [1.82, 2.24) is 34.8 Å². The lowest BCUT2D eigenvalue weighted by atomic mass is 10.1. The first kappa shape index (κ1) is 23.1. The fourth-order valence-corrected chi connectivity index (χ4v) is 4.03. The third-order valence-electron chi connectivity index (χ3n) is 5.73. The van der Waals surface area contributed by atoms with Crippen LogP contribution < -0.4 is 10.1 Å². The maximum absolute atomic E-state index is 5.70.